The van der Waals surface area contributed by atoms with Crippen LogP contribution in [0.5, 0.6) is 5.75 Å². The first-order valence-corrected chi connectivity index (χ1v) is 7.40. The van der Waals surface area contributed by atoms with E-state index < -0.39 is 0 Å². The number of thiazole rings is 1. The number of nitrogens with one attached hydrogen (secondary N) is 1. The molecule has 0 amide bonds. The Kier molecular flexibility index (Phi) is 6.04. The quantitative estimate of drug-likeness (QED) is 0.721. The molecule has 6 heteroatoms. The van der Waals surface area contributed by atoms with E-state index in [1.165, 1.54) is 0 Å². The summed E-state index contributed by atoms with van der Waals surface area (Å²) in [5, 5.41) is 4.25. The lowest BCUT2D eigenvalue weighted by atomic mass is 10.3. The van der Waals surface area contributed by atoms with Gasteiger partial charge in [0.2, 0.25) is 0 Å². The van der Waals surface area contributed by atoms with Crippen molar-refractivity contribution in [3.8, 4) is 5.75 Å². The van der Waals surface area contributed by atoms with Crippen LogP contribution < -0.4 is 10.1 Å². The number of ether oxygens (including phenoxy) is 3. The highest BCUT2D eigenvalue weighted by Crippen LogP contribution is 2.28. The molecule has 0 unspecified atom stereocenters. The van der Waals surface area contributed by atoms with Crippen molar-refractivity contribution in [1.29, 1.82) is 0 Å². The number of hydrogen-bond acceptors (Lipinski definition) is 6. The van der Waals surface area contributed by atoms with E-state index in [1.807, 2.05) is 18.2 Å². The highest BCUT2D eigenvalue weighted by atomic mass is 32.1. The molecule has 20 heavy (non-hydrogen) atoms. The fraction of sp³-hybridized carbons (Fsp3) is 0.500. The lowest BCUT2D eigenvalue weighted by Crippen LogP contribution is -2.08. The first-order chi connectivity index (χ1) is 9.83. The Morgan fingerprint density at radius 2 is 2.10 bits per heavy atom. The fourth-order valence-electron chi connectivity index (χ4n) is 1.72. The number of aromatic nitrogens is 1. The minimum absolute atomic E-state index is 0.646. The average Bonchev–Trinajstić information content (AvgIpc) is 2.87. The van der Waals surface area contributed by atoms with Crippen LogP contribution in [-0.2, 0) is 9.47 Å². The monoisotopic (exact) mass is 296 g/mol. The standard InChI is InChI=1S/C14H20N2O3S/c1-17-8-9-19-7-3-6-15-14-16-12-5-4-11(18-2)10-13(12)20-14/h4-5,10H,3,6-9H2,1-2H3,(H,15,16). The summed E-state index contributed by atoms with van der Waals surface area (Å²) in [4.78, 5) is 4.53. The van der Waals surface area contributed by atoms with E-state index in [0.717, 1.165) is 40.7 Å². The molecule has 0 saturated carbocycles. The smallest absolute Gasteiger partial charge is 0.183 e. The van der Waals surface area contributed by atoms with Gasteiger partial charge in [0.15, 0.2) is 5.13 Å². The van der Waals surface area contributed by atoms with E-state index in [2.05, 4.69) is 10.3 Å². The van der Waals surface area contributed by atoms with Crippen LogP contribution in [0.25, 0.3) is 10.2 Å². The normalized spacial score (nSPS) is 10.9. The van der Waals surface area contributed by atoms with Crippen molar-refractivity contribution >= 4 is 26.7 Å². The van der Waals surface area contributed by atoms with E-state index in [0.29, 0.717) is 13.2 Å². The highest BCUT2D eigenvalue weighted by molar-refractivity contribution is 7.22. The van der Waals surface area contributed by atoms with Gasteiger partial charge in [-0.15, -0.1) is 0 Å². The number of fused-ring (bicyclic) bond motifs is 1. The predicted octanol–water partition coefficient (Wildman–Crippen LogP) is 2.77. The molecule has 110 valence electrons. The number of rotatable bonds is 9. The molecule has 0 saturated heterocycles. The van der Waals surface area contributed by atoms with Crippen LogP contribution in [0.2, 0.25) is 0 Å². The van der Waals surface area contributed by atoms with E-state index in [9.17, 15) is 0 Å². The Labute approximate surface area is 122 Å². The number of methoxy groups -OCH3 is 2. The molecule has 0 aliphatic rings. The van der Waals surface area contributed by atoms with Crippen LogP contribution in [0.15, 0.2) is 18.2 Å². The zero-order chi connectivity index (χ0) is 14.2. The van der Waals surface area contributed by atoms with Crippen molar-refractivity contribution < 1.29 is 14.2 Å². The molecule has 2 rings (SSSR count). The number of hydrogen-bond donors (Lipinski definition) is 1. The van der Waals surface area contributed by atoms with Crippen LogP contribution >= 0.6 is 11.3 Å². The Bertz CT molecular complexity index is 530. The molecule has 1 heterocycles. The Morgan fingerprint density at radius 1 is 1.20 bits per heavy atom. The Balaban J connectivity index is 1.76. The molecular weight excluding hydrogens is 276 g/mol. The van der Waals surface area contributed by atoms with Gasteiger partial charge < -0.3 is 19.5 Å². The summed E-state index contributed by atoms with van der Waals surface area (Å²) in [5.74, 6) is 0.860. The van der Waals surface area contributed by atoms with E-state index in [-0.39, 0.29) is 0 Å². The number of nitrogens with zero attached hydrogens (tertiary/aromatic N) is 1. The maximum absolute atomic E-state index is 5.40. The molecule has 0 atom stereocenters. The highest BCUT2D eigenvalue weighted by Gasteiger charge is 2.04. The van der Waals surface area contributed by atoms with Gasteiger partial charge in [-0.2, -0.15) is 0 Å². The van der Waals surface area contributed by atoms with Crippen LogP contribution in [0.1, 0.15) is 6.42 Å². The SMILES string of the molecule is COCCOCCCNc1nc2ccc(OC)cc2s1. The van der Waals surface area contributed by atoms with E-state index >= 15 is 0 Å². The summed E-state index contributed by atoms with van der Waals surface area (Å²) in [6.07, 6.45) is 0.947. The molecule has 5 nitrogen and oxygen atoms in total. The maximum Gasteiger partial charge on any atom is 0.183 e. The van der Waals surface area contributed by atoms with Gasteiger partial charge in [0.25, 0.3) is 0 Å². The molecule has 0 aliphatic carbocycles. The zero-order valence-corrected chi connectivity index (χ0v) is 12.7. The molecule has 0 spiro atoms. The molecule has 1 aromatic heterocycles. The fourth-order valence-corrected chi connectivity index (χ4v) is 2.64. The third-order valence-electron chi connectivity index (χ3n) is 2.77. The number of anilines is 1. The molecular formula is C14H20N2O3S. The molecule has 0 bridgehead atoms. The van der Waals surface area contributed by atoms with Crippen LogP contribution in [0.3, 0.4) is 0 Å². The minimum atomic E-state index is 0.646. The lowest BCUT2D eigenvalue weighted by Gasteiger charge is -2.04. The third kappa shape index (κ3) is 4.33. The van der Waals surface area contributed by atoms with Crippen LogP contribution in [0.4, 0.5) is 5.13 Å². The van der Waals surface area contributed by atoms with Gasteiger partial charge in [-0.05, 0) is 24.6 Å². The maximum atomic E-state index is 5.40. The summed E-state index contributed by atoms with van der Waals surface area (Å²) in [5.41, 5.74) is 0.995. The zero-order valence-electron chi connectivity index (χ0n) is 11.8. The first kappa shape index (κ1) is 15.0. The van der Waals surface area contributed by atoms with Gasteiger partial charge in [0.1, 0.15) is 5.75 Å². The third-order valence-corrected chi connectivity index (χ3v) is 3.74. The Hall–Kier alpha value is -1.37. The molecule has 1 N–H and O–H groups in total. The largest absolute Gasteiger partial charge is 0.497 e. The van der Waals surface area contributed by atoms with Gasteiger partial charge in [-0.1, -0.05) is 11.3 Å². The van der Waals surface area contributed by atoms with Crippen molar-refractivity contribution in [1.82, 2.24) is 4.98 Å². The van der Waals surface area contributed by atoms with Gasteiger partial charge in [0, 0.05) is 20.3 Å². The summed E-state index contributed by atoms with van der Waals surface area (Å²) in [7, 11) is 3.35. The summed E-state index contributed by atoms with van der Waals surface area (Å²) < 4.78 is 16.7. The van der Waals surface area contributed by atoms with Gasteiger partial charge in [0.05, 0.1) is 30.5 Å². The molecule has 1 aromatic carbocycles. The average molecular weight is 296 g/mol. The Morgan fingerprint density at radius 3 is 2.90 bits per heavy atom. The summed E-state index contributed by atoms with van der Waals surface area (Å²) >= 11 is 1.64. The van der Waals surface area contributed by atoms with Gasteiger partial charge >= 0.3 is 0 Å². The van der Waals surface area contributed by atoms with Crippen molar-refractivity contribution in [3.63, 3.8) is 0 Å². The van der Waals surface area contributed by atoms with Gasteiger partial charge in [-0.25, -0.2) is 4.98 Å². The van der Waals surface area contributed by atoms with Crippen molar-refractivity contribution in [2.24, 2.45) is 0 Å². The van der Waals surface area contributed by atoms with E-state index in [1.54, 1.807) is 25.6 Å². The van der Waals surface area contributed by atoms with E-state index in [4.69, 9.17) is 14.2 Å². The second kappa shape index (κ2) is 8.04. The molecule has 0 fully saturated rings. The molecule has 0 radical (unpaired) electrons. The lowest BCUT2D eigenvalue weighted by molar-refractivity contribution is 0.0705. The minimum Gasteiger partial charge on any atom is -0.497 e. The molecule has 2 aromatic rings. The van der Waals surface area contributed by atoms with Gasteiger partial charge in [-0.3, -0.25) is 0 Å². The summed E-state index contributed by atoms with van der Waals surface area (Å²) in [6.45, 7) is 2.88. The van der Waals surface area contributed by atoms with Crippen molar-refractivity contribution in [3.05, 3.63) is 18.2 Å². The van der Waals surface area contributed by atoms with Crippen molar-refractivity contribution in [2.45, 2.75) is 6.42 Å². The molecule has 0 aliphatic heterocycles. The summed E-state index contributed by atoms with van der Waals surface area (Å²) in [6, 6.07) is 5.91. The topological polar surface area (TPSA) is 52.6 Å². The van der Waals surface area contributed by atoms with Crippen LogP contribution in [0, 0.1) is 0 Å². The number of benzene rings is 1. The van der Waals surface area contributed by atoms with Crippen molar-refractivity contribution in [2.75, 3.05) is 45.9 Å². The second-order valence-corrected chi connectivity index (χ2v) is 5.27. The first-order valence-electron chi connectivity index (χ1n) is 6.58. The van der Waals surface area contributed by atoms with Crippen LogP contribution in [-0.4, -0.2) is 45.6 Å². The second-order valence-electron chi connectivity index (χ2n) is 4.24. The predicted molar refractivity (Wildman–Crippen MR) is 82.0 cm³/mol.